The predicted molar refractivity (Wildman–Crippen MR) is 96.1 cm³/mol. The topological polar surface area (TPSA) is 73.2 Å². The van der Waals surface area contributed by atoms with Crippen LogP contribution in [0.2, 0.25) is 0 Å². The summed E-state index contributed by atoms with van der Waals surface area (Å²) in [5, 5.41) is 12.1. The molecule has 0 radical (unpaired) electrons. The summed E-state index contributed by atoms with van der Waals surface area (Å²) in [5.41, 5.74) is 3.47. The predicted octanol–water partition coefficient (Wildman–Crippen LogP) is 3.01. The lowest BCUT2D eigenvalue weighted by atomic mass is 9.89. The Hall–Kier alpha value is -3.13. The van der Waals surface area contributed by atoms with Crippen molar-refractivity contribution in [1.29, 1.82) is 5.26 Å². The van der Waals surface area contributed by atoms with E-state index in [-0.39, 0.29) is 12.5 Å². The van der Waals surface area contributed by atoms with Crippen LogP contribution in [-0.4, -0.2) is 16.8 Å². The number of carbonyl (C=O) groups excluding carboxylic acids is 2. The summed E-state index contributed by atoms with van der Waals surface area (Å²) in [4.78, 5) is 26.8. The summed E-state index contributed by atoms with van der Waals surface area (Å²) >= 11 is 0. The van der Waals surface area contributed by atoms with E-state index in [1.165, 1.54) is 16.0 Å². The van der Waals surface area contributed by atoms with Crippen molar-refractivity contribution < 1.29 is 9.59 Å². The van der Waals surface area contributed by atoms with E-state index in [0.717, 1.165) is 24.8 Å². The maximum Gasteiger partial charge on any atom is 0.325 e. The van der Waals surface area contributed by atoms with Crippen molar-refractivity contribution in [3.63, 3.8) is 0 Å². The van der Waals surface area contributed by atoms with Crippen molar-refractivity contribution >= 4 is 11.9 Å². The van der Waals surface area contributed by atoms with Crippen LogP contribution in [0.3, 0.4) is 0 Å². The summed E-state index contributed by atoms with van der Waals surface area (Å²) < 4.78 is 0. The number of imide groups is 1. The number of amides is 3. The Morgan fingerprint density at radius 3 is 2.73 bits per heavy atom. The van der Waals surface area contributed by atoms with Gasteiger partial charge in [0.05, 0.1) is 18.2 Å². The third-order valence-corrected chi connectivity index (χ3v) is 5.42. The Morgan fingerprint density at radius 1 is 1.15 bits per heavy atom. The minimum Gasteiger partial charge on any atom is -0.319 e. The zero-order valence-corrected chi connectivity index (χ0v) is 14.6. The molecule has 4 rings (SSSR count). The van der Waals surface area contributed by atoms with Crippen molar-refractivity contribution in [2.75, 3.05) is 0 Å². The molecule has 1 N–H and O–H groups in total. The Bertz CT molecular complexity index is 960. The molecule has 1 atom stereocenters. The van der Waals surface area contributed by atoms with Gasteiger partial charge in [-0.1, -0.05) is 36.4 Å². The number of hydrogen-bond acceptors (Lipinski definition) is 3. The fourth-order valence-electron chi connectivity index (χ4n) is 3.86. The molecule has 0 bridgehead atoms. The normalized spacial score (nSPS) is 21.5. The van der Waals surface area contributed by atoms with Crippen molar-refractivity contribution in [3.05, 3.63) is 70.3 Å². The van der Waals surface area contributed by atoms with E-state index in [0.29, 0.717) is 11.1 Å². The number of benzene rings is 2. The van der Waals surface area contributed by atoms with Crippen LogP contribution in [-0.2, 0) is 29.7 Å². The maximum absolute atomic E-state index is 13.1. The second-order valence-electron chi connectivity index (χ2n) is 7.05. The Morgan fingerprint density at radius 2 is 1.92 bits per heavy atom. The second kappa shape index (κ2) is 5.99. The number of fused-ring (bicyclic) bond motifs is 1. The molecule has 0 spiro atoms. The van der Waals surface area contributed by atoms with Crippen molar-refractivity contribution in [3.8, 4) is 6.07 Å². The van der Waals surface area contributed by atoms with Crippen LogP contribution in [0.1, 0.15) is 41.2 Å². The van der Waals surface area contributed by atoms with Crippen molar-refractivity contribution in [2.45, 2.75) is 38.3 Å². The molecule has 3 amide bonds. The van der Waals surface area contributed by atoms with Gasteiger partial charge in [-0.3, -0.25) is 9.69 Å². The first-order valence-corrected chi connectivity index (χ1v) is 8.77. The van der Waals surface area contributed by atoms with Crippen LogP contribution in [0.4, 0.5) is 4.79 Å². The highest BCUT2D eigenvalue weighted by molar-refractivity contribution is 6.07. The number of urea groups is 1. The first kappa shape index (κ1) is 16.3. The Labute approximate surface area is 152 Å². The molecule has 26 heavy (non-hydrogen) atoms. The lowest BCUT2D eigenvalue weighted by Gasteiger charge is -2.23. The van der Waals surface area contributed by atoms with Crippen molar-refractivity contribution in [1.82, 2.24) is 10.2 Å². The quantitative estimate of drug-likeness (QED) is 0.869. The molecule has 5 heteroatoms. The van der Waals surface area contributed by atoms with Crippen LogP contribution in [0.5, 0.6) is 0 Å². The van der Waals surface area contributed by atoms with Gasteiger partial charge in [0.1, 0.15) is 5.54 Å². The molecule has 1 heterocycles. The van der Waals surface area contributed by atoms with Crippen LogP contribution in [0, 0.1) is 11.3 Å². The lowest BCUT2D eigenvalue weighted by molar-refractivity contribution is -0.131. The summed E-state index contributed by atoms with van der Waals surface area (Å²) in [5.74, 6) is -0.284. The standard InChI is InChI=1S/C21H19N3O2/c1-21(18-10-9-14-7-4-8-15(14)11-18)19(25)24(20(26)23-21)13-17-6-3-2-5-16(17)12-22/h2-3,5-6,9-11H,4,7-8,13H2,1H3,(H,23,26). The summed E-state index contributed by atoms with van der Waals surface area (Å²) in [6.45, 7) is 1.84. The highest BCUT2D eigenvalue weighted by atomic mass is 16.2. The van der Waals surface area contributed by atoms with E-state index >= 15 is 0 Å². The third kappa shape index (κ3) is 2.46. The SMILES string of the molecule is CC1(c2ccc3c(c2)CCC3)NC(=O)N(Cc2ccccc2C#N)C1=O. The highest BCUT2D eigenvalue weighted by Gasteiger charge is 2.49. The van der Waals surface area contributed by atoms with E-state index in [4.69, 9.17) is 0 Å². The van der Waals surface area contributed by atoms with Crippen LogP contribution in [0.25, 0.3) is 0 Å². The number of nitriles is 1. The molecule has 1 aliphatic carbocycles. The van der Waals surface area contributed by atoms with E-state index in [1.807, 2.05) is 12.1 Å². The highest BCUT2D eigenvalue weighted by Crippen LogP contribution is 2.33. The fraction of sp³-hybridized carbons (Fsp3) is 0.286. The first-order valence-electron chi connectivity index (χ1n) is 8.77. The molecular weight excluding hydrogens is 326 g/mol. The molecule has 1 saturated heterocycles. The van der Waals surface area contributed by atoms with Gasteiger partial charge in [0.25, 0.3) is 5.91 Å². The summed E-state index contributed by atoms with van der Waals surface area (Å²) in [6.07, 6.45) is 3.22. The zero-order chi connectivity index (χ0) is 18.3. The van der Waals surface area contributed by atoms with E-state index in [2.05, 4.69) is 17.5 Å². The largest absolute Gasteiger partial charge is 0.325 e. The summed E-state index contributed by atoms with van der Waals surface area (Å²) in [7, 11) is 0. The Kier molecular flexibility index (Phi) is 3.77. The van der Waals surface area contributed by atoms with Gasteiger partial charge >= 0.3 is 6.03 Å². The van der Waals surface area contributed by atoms with Gasteiger partial charge in [0.2, 0.25) is 0 Å². The number of aryl methyl sites for hydroxylation is 2. The minimum absolute atomic E-state index is 0.0922. The number of nitrogens with one attached hydrogen (secondary N) is 1. The molecule has 1 fully saturated rings. The van der Waals surface area contributed by atoms with Gasteiger partial charge in [-0.25, -0.2) is 4.79 Å². The molecule has 1 unspecified atom stereocenters. The lowest BCUT2D eigenvalue weighted by Crippen LogP contribution is -2.41. The molecule has 0 saturated carbocycles. The van der Waals surface area contributed by atoms with Gasteiger partial charge in [0, 0.05) is 0 Å². The number of hydrogen-bond donors (Lipinski definition) is 1. The zero-order valence-electron chi connectivity index (χ0n) is 14.6. The fourth-order valence-corrected chi connectivity index (χ4v) is 3.86. The molecule has 130 valence electrons. The molecular formula is C21H19N3O2. The third-order valence-electron chi connectivity index (χ3n) is 5.42. The molecule has 2 aliphatic rings. The van der Waals surface area contributed by atoms with E-state index in [9.17, 15) is 14.9 Å². The van der Waals surface area contributed by atoms with Crippen molar-refractivity contribution in [2.24, 2.45) is 0 Å². The Balaban J connectivity index is 1.65. The molecule has 5 nitrogen and oxygen atoms in total. The van der Waals surface area contributed by atoms with Gasteiger partial charge in [-0.05, 0) is 54.5 Å². The molecule has 2 aromatic carbocycles. The molecule has 2 aromatic rings. The van der Waals surface area contributed by atoms with E-state index < -0.39 is 11.6 Å². The maximum atomic E-state index is 13.1. The number of rotatable bonds is 3. The number of nitrogens with zero attached hydrogens (tertiary/aromatic N) is 2. The molecule has 1 aliphatic heterocycles. The first-order chi connectivity index (χ1) is 12.5. The van der Waals surface area contributed by atoms with Crippen LogP contribution < -0.4 is 5.32 Å². The van der Waals surface area contributed by atoms with Gasteiger partial charge < -0.3 is 5.32 Å². The second-order valence-corrected chi connectivity index (χ2v) is 7.05. The van der Waals surface area contributed by atoms with Gasteiger partial charge in [-0.15, -0.1) is 0 Å². The smallest absolute Gasteiger partial charge is 0.319 e. The van der Waals surface area contributed by atoms with E-state index in [1.54, 1.807) is 31.2 Å². The summed E-state index contributed by atoms with van der Waals surface area (Å²) in [6, 6.07) is 14.8. The van der Waals surface area contributed by atoms with Gasteiger partial charge in [0.15, 0.2) is 0 Å². The number of carbonyl (C=O) groups is 2. The minimum atomic E-state index is -1.07. The average molecular weight is 345 g/mol. The molecule has 0 aromatic heterocycles. The van der Waals surface area contributed by atoms with Gasteiger partial charge in [-0.2, -0.15) is 5.26 Å². The average Bonchev–Trinajstić information content (AvgIpc) is 3.20. The van der Waals surface area contributed by atoms with Crippen LogP contribution >= 0.6 is 0 Å². The monoisotopic (exact) mass is 345 g/mol. The van der Waals surface area contributed by atoms with Crippen LogP contribution in [0.15, 0.2) is 42.5 Å².